The average molecular weight is 394 g/mol. The maximum Gasteiger partial charge on any atom is 0.135 e. The highest BCUT2D eigenvalue weighted by molar-refractivity contribution is 5.99. The molecule has 0 spiro atoms. The van der Waals surface area contributed by atoms with E-state index in [4.69, 9.17) is 4.98 Å². The van der Waals surface area contributed by atoms with Gasteiger partial charge in [-0.05, 0) is 61.7 Å². The van der Waals surface area contributed by atoms with E-state index in [0.717, 1.165) is 52.3 Å². The number of aromatic amines is 2. The zero-order chi connectivity index (χ0) is 19.9. The summed E-state index contributed by atoms with van der Waals surface area (Å²) in [7, 11) is 0. The summed E-state index contributed by atoms with van der Waals surface area (Å²) in [5, 5.41) is 8.96. The lowest BCUT2D eigenvalue weighted by Gasteiger charge is -2.29. The van der Waals surface area contributed by atoms with E-state index in [0.29, 0.717) is 0 Å². The fourth-order valence-electron chi connectivity index (χ4n) is 4.44. The number of nitrogens with zero attached hydrogens (tertiary/aromatic N) is 4. The molecule has 148 valence electrons. The van der Waals surface area contributed by atoms with Gasteiger partial charge in [-0.15, -0.1) is 0 Å². The van der Waals surface area contributed by atoms with Crippen LogP contribution in [0, 0.1) is 0 Å². The number of anilines is 1. The first-order chi connectivity index (χ1) is 14.9. The number of hydrogen-bond acceptors (Lipinski definition) is 4. The molecule has 6 rings (SSSR count). The van der Waals surface area contributed by atoms with Crippen LogP contribution in [-0.2, 0) is 0 Å². The Morgan fingerprint density at radius 2 is 1.83 bits per heavy atom. The van der Waals surface area contributed by atoms with E-state index < -0.39 is 0 Å². The Morgan fingerprint density at radius 1 is 0.900 bits per heavy atom. The maximum absolute atomic E-state index is 4.90. The van der Waals surface area contributed by atoms with Crippen molar-refractivity contribution >= 4 is 27.6 Å². The number of pyridine rings is 2. The number of aromatic nitrogens is 5. The Kier molecular flexibility index (Phi) is 4.01. The molecule has 0 atom stereocenters. The number of rotatable bonds is 3. The van der Waals surface area contributed by atoms with Crippen molar-refractivity contribution in [2.75, 3.05) is 18.0 Å². The Labute approximate surface area is 174 Å². The minimum atomic E-state index is 0.844. The van der Waals surface area contributed by atoms with Crippen LogP contribution in [0.1, 0.15) is 19.3 Å². The number of nitrogens with one attached hydrogen (secondary N) is 2. The third-order valence-electron chi connectivity index (χ3n) is 5.96. The van der Waals surface area contributed by atoms with Gasteiger partial charge in [0, 0.05) is 47.6 Å². The number of piperidine rings is 1. The molecule has 0 amide bonds. The summed E-state index contributed by atoms with van der Waals surface area (Å²) in [6.45, 7) is 2.25. The largest absolute Gasteiger partial charge is 0.371 e. The van der Waals surface area contributed by atoms with E-state index in [1.165, 1.54) is 30.3 Å². The van der Waals surface area contributed by atoms with Gasteiger partial charge in [0.05, 0.1) is 16.9 Å². The van der Waals surface area contributed by atoms with Crippen molar-refractivity contribution < 1.29 is 0 Å². The van der Waals surface area contributed by atoms with E-state index in [9.17, 15) is 0 Å². The second kappa shape index (κ2) is 6.99. The van der Waals surface area contributed by atoms with E-state index >= 15 is 0 Å². The first kappa shape index (κ1) is 17.2. The normalized spacial score (nSPS) is 14.6. The molecule has 5 aromatic rings. The molecular weight excluding hydrogens is 372 g/mol. The predicted octanol–water partition coefficient (Wildman–Crippen LogP) is 5.16. The van der Waals surface area contributed by atoms with Gasteiger partial charge in [-0.25, -0.2) is 4.98 Å². The minimum absolute atomic E-state index is 0.844. The molecule has 30 heavy (non-hydrogen) atoms. The third-order valence-corrected chi connectivity index (χ3v) is 5.96. The standard InChI is InChI=1S/C24H22N6/c1-2-12-30(13-3-1)22-8-4-7-19-17(22)14-21(26-19)24-23-20(28-29-24)10-9-18(27-23)16-6-5-11-25-15-16/h4-11,14-15,26H,1-3,12-13H2,(H,28,29). The quantitative estimate of drug-likeness (QED) is 0.443. The lowest BCUT2D eigenvalue weighted by Crippen LogP contribution is -2.29. The number of H-pyrrole nitrogens is 2. The third kappa shape index (κ3) is 2.84. The molecule has 1 aromatic carbocycles. The topological polar surface area (TPSA) is 73.5 Å². The summed E-state index contributed by atoms with van der Waals surface area (Å²) in [6.07, 6.45) is 7.46. The van der Waals surface area contributed by atoms with Gasteiger partial charge in [0.1, 0.15) is 11.2 Å². The van der Waals surface area contributed by atoms with E-state index in [2.05, 4.69) is 49.3 Å². The summed E-state index contributed by atoms with van der Waals surface area (Å²) < 4.78 is 0. The monoisotopic (exact) mass is 394 g/mol. The summed E-state index contributed by atoms with van der Waals surface area (Å²) >= 11 is 0. The Morgan fingerprint density at radius 3 is 2.70 bits per heavy atom. The second-order valence-corrected chi connectivity index (χ2v) is 7.88. The van der Waals surface area contributed by atoms with Crippen LogP contribution >= 0.6 is 0 Å². The molecule has 5 heterocycles. The van der Waals surface area contributed by atoms with Gasteiger partial charge in [-0.2, -0.15) is 5.10 Å². The fourth-order valence-corrected chi connectivity index (χ4v) is 4.44. The first-order valence-electron chi connectivity index (χ1n) is 10.5. The van der Waals surface area contributed by atoms with Crippen LogP contribution in [0.2, 0.25) is 0 Å². The average Bonchev–Trinajstić information content (AvgIpc) is 3.43. The van der Waals surface area contributed by atoms with Gasteiger partial charge in [-0.3, -0.25) is 10.1 Å². The summed E-state index contributed by atoms with van der Waals surface area (Å²) in [6, 6.07) is 16.7. The number of fused-ring (bicyclic) bond motifs is 2. The van der Waals surface area contributed by atoms with Crippen LogP contribution < -0.4 is 4.90 Å². The van der Waals surface area contributed by atoms with Crippen LogP contribution in [-0.4, -0.2) is 38.2 Å². The maximum atomic E-state index is 4.90. The lowest BCUT2D eigenvalue weighted by atomic mass is 10.1. The molecule has 2 N–H and O–H groups in total. The Hall–Kier alpha value is -3.67. The Bertz CT molecular complexity index is 1330. The molecule has 0 bridgehead atoms. The van der Waals surface area contributed by atoms with Gasteiger partial charge in [0.15, 0.2) is 0 Å². The molecule has 1 aliphatic heterocycles. The van der Waals surface area contributed by atoms with Crippen molar-refractivity contribution in [1.29, 1.82) is 0 Å². The molecule has 6 heteroatoms. The molecule has 1 fully saturated rings. The highest BCUT2D eigenvalue weighted by Gasteiger charge is 2.18. The molecule has 0 aliphatic carbocycles. The summed E-state index contributed by atoms with van der Waals surface area (Å²) in [5.74, 6) is 0. The van der Waals surface area contributed by atoms with Crippen molar-refractivity contribution in [2.45, 2.75) is 19.3 Å². The fraction of sp³-hybridized carbons (Fsp3) is 0.208. The highest BCUT2D eigenvalue weighted by atomic mass is 15.1. The van der Waals surface area contributed by atoms with Gasteiger partial charge >= 0.3 is 0 Å². The van der Waals surface area contributed by atoms with Crippen molar-refractivity contribution in [3.05, 3.63) is 60.9 Å². The van der Waals surface area contributed by atoms with Crippen molar-refractivity contribution in [3.63, 3.8) is 0 Å². The second-order valence-electron chi connectivity index (χ2n) is 7.88. The van der Waals surface area contributed by atoms with Crippen molar-refractivity contribution in [2.24, 2.45) is 0 Å². The van der Waals surface area contributed by atoms with Crippen molar-refractivity contribution in [1.82, 2.24) is 25.1 Å². The zero-order valence-corrected chi connectivity index (χ0v) is 16.6. The van der Waals surface area contributed by atoms with E-state index in [-0.39, 0.29) is 0 Å². The molecule has 1 aliphatic rings. The van der Waals surface area contributed by atoms with Gasteiger partial charge in [0.25, 0.3) is 0 Å². The predicted molar refractivity (Wildman–Crippen MR) is 120 cm³/mol. The van der Waals surface area contributed by atoms with Gasteiger partial charge < -0.3 is 9.88 Å². The SMILES string of the molecule is c1cncc(-c2ccc3[nH]nc(-c4cc5c(N6CCCCC6)cccc5[nH]4)c3n2)c1. The number of hydrogen-bond donors (Lipinski definition) is 2. The van der Waals surface area contributed by atoms with Crippen LogP contribution in [0.4, 0.5) is 5.69 Å². The minimum Gasteiger partial charge on any atom is -0.371 e. The molecule has 4 aromatic heterocycles. The summed E-state index contributed by atoms with van der Waals surface area (Å²) in [5.41, 5.74) is 7.94. The Balaban J connectivity index is 1.47. The lowest BCUT2D eigenvalue weighted by molar-refractivity contribution is 0.579. The van der Waals surface area contributed by atoms with Crippen molar-refractivity contribution in [3.8, 4) is 22.6 Å². The van der Waals surface area contributed by atoms with Crippen LogP contribution in [0.5, 0.6) is 0 Å². The molecule has 0 saturated carbocycles. The first-order valence-corrected chi connectivity index (χ1v) is 10.5. The summed E-state index contributed by atoms with van der Waals surface area (Å²) in [4.78, 5) is 15.2. The van der Waals surface area contributed by atoms with Crippen LogP contribution in [0.25, 0.3) is 44.6 Å². The van der Waals surface area contributed by atoms with E-state index in [1.807, 2.05) is 30.5 Å². The number of benzene rings is 1. The van der Waals surface area contributed by atoms with Gasteiger partial charge in [0.2, 0.25) is 0 Å². The highest BCUT2D eigenvalue weighted by Crippen LogP contribution is 2.34. The van der Waals surface area contributed by atoms with Gasteiger partial charge in [-0.1, -0.05) is 6.07 Å². The zero-order valence-electron chi connectivity index (χ0n) is 16.6. The molecular formula is C24H22N6. The van der Waals surface area contributed by atoms with Crippen LogP contribution in [0.3, 0.4) is 0 Å². The smallest absolute Gasteiger partial charge is 0.135 e. The molecule has 1 saturated heterocycles. The molecule has 6 nitrogen and oxygen atoms in total. The van der Waals surface area contributed by atoms with E-state index in [1.54, 1.807) is 6.20 Å². The molecule has 0 radical (unpaired) electrons. The molecule has 0 unspecified atom stereocenters. The van der Waals surface area contributed by atoms with Crippen LogP contribution in [0.15, 0.2) is 60.9 Å².